The molecule has 3 aromatic rings. The molecule has 2 aliphatic rings. The Morgan fingerprint density at radius 3 is 2.30 bits per heavy atom. The third-order valence-electron chi connectivity index (χ3n) is 6.58. The molecule has 0 radical (unpaired) electrons. The number of benzene rings is 2. The van der Waals surface area contributed by atoms with Gasteiger partial charge in [-0.1, -0.05) is 36.6 Å². The number of nitrogens with zero attached hydrogens (tertiary/aromatic N) is 2. The predicted molar refractivity (Wildman–Crippen MR) is 121 cm³/mol. The number of hydrogen-bond acceptors (Lipinski definition) is 5. The molecule has 1 N–H and O–H groups in total. The van der Waals surface area contributed by atoms with Crippen LogP contribution in [0.25, 0.3) is 17.0 Å². The van der Waals surface area contributed by atoms with Crippen LogP contribution in [0.15, 0.2) is 71.0 Å². The largest absolute Gasteiger partial charge is 0.507 e. The van der Waals surface area contributed by atoms with Gasteiger partial charge in [-0.15, -0.1) is 0 Å². The maximum absolute atomic E-state index is 13.4. The first kappa shape index (κ1) is 21.1. The van der Waals surface area contributed by atoms with Crippen molar-refractivity contribution in [1.29, 1.82) is 0 Å². The van der Waals surface area contributed by atoms with Gasteiger partial charge in [-0.05, 0) is 55.2 Å². The van der Waals surface area contributed by atoms with Crippen molar-refractivity contribution in [2.75, 3.05) is 4.90 Å². The van der Waals surface area contributed by atoms with Crippen LogP contribution in [-0.2, 0) is 9.59 Å². The number of anilines is 1. The molecular weight excluding hydrogens is 423 g/mol. The molecule has 0 bridgehead atoms. The fraction of sp³-hybridized carbons (Fsp3) is 0.269. The van der Waals surface area contributed by atoms with E-state index < -0.39 is 23.5 Å². The van der Waals surface area contributed by atoms with Crippen molar-refractivity contribution in [2.24, 2.45) is 5.92 Å². The summed E-state index contributed by atoms with van der Waals surface area (Å²) in [5, 5.41) is 15.0. The molecule has 5 rings (SSSR count). The standard InChI is InChI=1S/C26H23FN2O4/c27-19-10-6-18(7-11-19)24(30)22-23(17-4-2-1-3-5-17)29(26(32)25(22)31)20-12-8-16(9-13-20)21-14-15-33-28-21/h6-15,17,23,30H,1-5H2/b24-22-. The Bertz CT molecular complexity index is 1190. The van der Waals surface area contributed by atoms with Gasteiger partial charge in [-0.3, -0.25) is 14.5 Å². The Hall–Kier alpha value is -3.74. The van der Waals surface area contributed by atoms with Gasteiger partial charge in [0.1, 0.15) is 23.5 Å². The van der Waals surface area contributed by atoms with E-state index >= 15 is 0 Å². The highest BCUT2D eigenvalue weighted by Crippen LogP contribution is 2.41. The van der Waals surface area contributed by atoms with E-state index in [1.165, 1.54) is 35.4 Å². The summed E-state index contributed by atoms with van der Waals surface area (Å²) in [4.78, 5) is 27.9. The fourth-order valence-electron chi connectivity index (χ4n) is 4.95. The highest BCUT2D eigenvalue weighted by atomic mass is 19.1. The maximum atomic E-state index is 13.4. The lowest BCUT2D eigenvalue weighted by Gasteiger charge is -2.34. The predicted octanol–water partition coefficient (Wildman–Crippen LogP) is 5.31. The third-order valence-corrected chi connectivity index (χ3v) is 6.58. The molecule has 1 atom stereocenters. The molecule has 2 heterocycles. The molecule has 1 aliphatic heterocycles. The second kappa shape index (κ2) is 8.65. The number of aliphatic hydroxyl groups excluding tert-OH is 1. The zero-order chi connectivity index (χ0) is 22.9. The highest BCUT2D eigenvalue weighted by molar-refractivity contribution is 6.51. The molecule has 7 heteroatoms. The van der Waals surface area contributed by atoms with Gasteiger partial charge in [-0.2, -0.15) is 0 Å². The minimum atomic E-state index is -0.715. The van der Waals surface area contributed by atoms with Crippen LogP contribution >= 0.6 is 0 Å². The summed E-state index contributed by atoms with van der Waals surface area (Å²) >= 11 is 0. The van der Waals surface area contributed by atoms with Crippen molar-refractivity contribution in [3.8, 4) is 11.3 Å². The number of carbonyl (C=O) groups is 2. The minimum Gasteiger partial charge on any atom is -0.507 e. The van der Waals surface area contributed by atoms with Crippen LogP contribution in [0, 0.1) is 11.7 Å². The number of aromatic nitrogens is 1. The first-order valence-electron chi connectivity index (χ1n) is 11.1. The summed E-state index contributed by atoms with van der Waals surface area (Å²) < 4.78 is 18.3. The van der Waals surface area contributed by atoms with Crippen LogP contribution in [0.5, 0.6) is 0 Å². The van der Waals surface area contributed by atoms with Gasteiger partial charge >= 0.3 is 0 Å². The van der Waals surface area contributed by atoms with Crippen LogP contribution in [0.3, 0.4) is 0 Å². The molecule has 1 aliphatic carbocycles. The van der Waals surface area contributed by atoms with Crippen LogP contribution in [-0.4, -0.2) is 28.0 Å². The first-order chi connectivity index (χ1) is 16.0. The SMILES string of the molecule is O=C1C(=O)N(c2ccc(-c3ccon3)cc2)C(C2CCCCC2)/C1=C(/O)c1ccc(F)cc1. The molecular formula is C26H23FN2O4. The number of amides is 1. The lowest BCUT2D eigenvalue weighted by molar-refractivity contribution is -0.132. The summed E-state index contributed by atoms with van der Waals surface area (Å²) in [5.41, 5.74) is 2.49. The van der Waals surface area contributed by atoms with Gasteiger partial charge in [0.15, 0.2) is 0 Å². The second-order valence-electron chi connectivity index (χ2n) is 8.55. The van der Waals surface area contributed by atoms with Crippen molar-refractivity contribution in [1.82, 2.24) is 5.16 Å². The topological polar surface area (TPSA) is 83.6 Å². The lowest BCUT2D eigenvalue weighted by atomic mass is 9.80. The smallest absolute Gasteiger partial charge is 0.299 e. The molecule has 1 saturated carbocycles. The van der Waals surface area contributed by atoms with Crippen molar-refractivity contribution in [3.63, 3.8) is 0 Å². The summed E-state index contributed by atoms with van der Waals surface area (Å²) in [6.45, 7) is 0. The van der Waals surface area contributed by atoms with E-state index in [4.69, 9.17) is 4.52 Å². The Morgan fingerprint density at radius 2 is 1.67 bits per heavy atom. The molecule has 2 fully saturated rings. The van der Waals surface area contributed by atoms with E-state index in [2.05, 4.69) is 5.16 Å². The maximum Gasteiger partial charge on any atom is 0.299 e. The Kier molecular flexibility index (Phi) is 5.54. The molecule has 1 unspecified atom stereocenters. The molecule has 6 nitrogen and oxygen atoms in total. The summed E-state index contributed by atoms with van der Waals surface area (Å²) in [6, 6.07) is 13.7. The Labute approximate surface area is 190 Å². The number of ketones is 1. The van der Waals surface area contributed by atoms with Gasteiger partial charge in [-0.25, -0.2) is 4.39 Å². The van der Waals surface area contributed by atoms with Crippen LogP contribution < -0.4 is 4.90 Å². The number of rotatable bonds is 4. The molecule has 1 saturated heterocycles. The van der Waals surface area contributed by atoms with Gasteiger partial charge < -0.3 is 9.63 Å². The van der Waals surface area contributed by atoms with E-state index in [0.717, 1.165) is 37.7 Å². The summed E-state index contributed by atoms with van der Waals surface area (Å²) in [7, 11) is 0. The molecule has 0 spiro atoms. The summed E-state index contributed by atoms with van der Waals surface area (Å²) in [6.07, 6.45) is 6.33. The van der Waals surface area contributed by atoms with Crippen LogP contribution in [0.2, 0.25) is 0 Å². The lowest BCUT2D eigenvalue weighted by Crippen LogP contribution is -2.40. The van der Waals surface area contributed by atoms with E-state index in [1.807, 2.05) is 12.1 Å². The average molecular weight is 446 g/mol. The van der Waals surface area contributed by atoms with Crippen LogP contribution in [0.1, 0.15) is 37.7 Å². The van der Waals surface area contributed by atoms with E-state index in [1.54, 1.807) is 18.2 Å². The van der Waals surface area contributed by atoms with Crippen molar-refractivity contribution < 1.29 is 23.6 Å². The van der Waals surface area contributed by atoms with Crippen LogP contribution in [0.4, 0.5) is 10.1 Å². The van der Waals surface area contributed by atoms with Crippen molar-refractivity contribution in [3.05, 3.63) is 77.8 Å². The Morgan fingerprint density at radius 1 is 0.970 bits per heavy atom. The molecule has 1 aromatic heterocycles. The van der Waals surface area contributed by atoms with Gasteiger partial charge in [0.2, 0.25) is 0 Å². The van der Waals surface area contributed by atoms with Gasteiger partial charge in [0, 0.05) is 22.9 Å². The van der Waals surface area contributed by atoms with Crippen molar-refractivity contribution >= 4 is 23.1 Å². The van der Waals surface area contributed by atoms with E-state index in [0.29, 0.717) is 16.9 Å². The quantitative estimate of drug-likeness (QED) is 0.333. The number of aliphatic hydroxyl groups is 1. The second-order valence-corrected chi connectivity index (χ2v) is 8.55. The first-order valence-corrected chi connectivity index (χ1v) is 11.1. The zero-order valence-electron chi connectivity index (χ0n) is 17.9. The summed E-state index contributed by atoms with van der Waals surface area (Å²) in [5.74, 6) is -2.04. The Balaban J connectivity index is 1.59. The molecule has 33 heavy (non-hydrogen) atoms. The molecule has 168 valence electrons. The molecule has 2 aromatic carbocycles. The molecule has 1 amide bonds. The average Bonchev–Trinajstić information content (AvgIpc) is 3.47. The monoisotopic (exact) mass is 446 g/mol. The van der Waals surface area contributed by atoms with Crippen molar-refractivity contribution in [2.45, 2.75) is 38.1 Å². The third kappa shape index (κ3) is 3.84. The number of carbonyl (C=O) groups excluding carboxylic acids is 2. The van der Waals surface area contributed by atoms with Gasteiger partial charge in [0.25, 0.3) is 11.7 Å². The normalized spacial score (nSPS) is 21.0. The fourth-order valence-corrected chi connectivity index (χ4v) is 4.95. The van der Waals surface area contributed by atoms with E-state index in [9.17, 15) is 19.1 Å². The number of Topliss-reactive ketones (excluding diaryl/α,β-unsaturated/α-hetero) is 1. The highest BCUT2D eigenvalue weighted by Gasteiger charge is 2.49. The van der Waals surface area contributed by atoms with E-state index in [-0.39, 0.29) is 17.3 Å². The number of halogens is 1. The number of hydrogen-bond donors (Lipinski definition) is 1. The zero-order valence-corrected chi connectivity index (χ0v) is 17.9. The van der Waals surface area contributed by atoms with Gasteiger partial charge in [0.05, 0.1) is 11.6 Å². The minimum absolute atomic E-state index is 0.0435.